The van der Waals surface area contributed by atoms with Crippen LogP contribution in [0.25, 0.3) is 0 Å². The molecule has 0 amide bonds. The van der Waals surface area contributed by atoms with E-state index < -0.39 is 14.9 Å². The van der Waals surface area contributed by atoms with Gasteiger partial charge >= 0.3 is 0 Å². The van der Waals surface area contributed by atoms with Crippen LogP contribution in [0, 0.1) is 10.1 Å². The zero-order valence-electron chi connectivity index (χ0n) is 11.7. The van der Waals surface area contributed by atoms with Gasteiger partial charge in [-0.3, -0.25) is 16.0 Å². The molecule has 1 aromatic rings. The summed E-state index contributed by atoms with van der Waals surface area (Å²) in [5.74, 6) is 5.24. The molecule has 21 heavy (non-hydrogen) atoms. The molecule has 1 atom stereocenters. The molecule has 0 radical (unpaired) electrons. The molecule has 0 spiro atoms. The molecule has 0 saturated carbocycles. The minimum absolute atomic E-state index is 0.00907. The van der Waals surface area contributed by atoms with E-state index in [0.717, 1.165) is 25.3 Å². The van der Waals surface area contributed by atoms with Crippen LogP contribution in [-0.4, -0.2) is 30.2 Å². The van der Waals surface area contributed by atoms with Gasteiger partial charge in [0.1, 0.15) is 5.69 Å². The van der Waals surface area contributed by atoms with E-state index in [1.165, 1.54) is 16.4 Å². The van der Waals surface area contributed by atoms with Crippen molar-refractivity contribution >= 4 is 21.4 Å². The molecule has 3 N–H and O–H groups in total. The third-order valence-electron chi connectivity index (χ3n) is 3.67. The number of anilines is 1. The van der Waals surface area contributed by atoms with Gasteiger partial charge in [0.25, 0.3) is 5.69 Å². The number of rotatable bonds is 4. The van der Waals surface area contributed by atoms with Crippen LogP contribution >= 0.6 is 0 Å². The van der Waals surface area contributed by atoms with E-state index in [-0.39, 0.29) is 22.3 Å². The number of nitrogen functional groups attached to an aromatic ring is 1. The molecule has 1 aliphatic rings. The van der Waals surface area contributed by atoms with Gasteiger partial charge in [0, 0.05) is 18.7 Å². The predicted octanol–water partition coefficient (Wildman–Crippen LogP) is 1.44. The van der Waals surface area contributed by atoms with E-state index in [1.807, 2.05) is 6.92 Å². The lowest BCUT2D eigenvalue weighted by Crippen LogP contribution is -2.41. The number of benzene rings is 1. The molecule has 116 valence electrons. The number of hydrogen-bond donors (Lipinski definition) is 2. The maximum Gasteiger partial charge on any atom is 0.293 e. The van der Waals surface area contributed by atoms with Crippen molar-refractivity contribution < 1.29 is 13.3 Å². The van der Waals surface area contributed by atoms with Gasteiger partial charge in [0.05, 0.1) is 9.82 Å². The summed E-state index contributed by atoms with van der Waals surface area (Å²) in [7, 11) is -3.67. The van der Waals surface area contributed by atoms with E-state index in [4.69, 9.17) is 5.84 Å². The number of nitrogens with zero attached hydrogens (tertiary/aromatic N) is 2. The zero-order valence-corrected chi connectivity index (χ0v) is 12.5. The zero-order chi connectivity index (χ0) is 15.6. The molecule has 1 unspecified atom stereocenters. The van der Waals surface area contributed by atoms with Crippen LogP contribution in [0.15, 0.2) is 23.1 Å². The lowest BCUT2D eigenvalue weighted by atomic mass is 10.1. The summed E-state index contributed by atoms with van der Waals surface area (Å²) in [6.07, 6.45) is 2.63. The Morgan fingerprint density at radius 1 is 1.43 bits per heavy atom. The fraction of sp³-hybridized carbons (Fsp3) is 0.500. The van der Waals surface area contributed by atoms with Gasteiger partial charge in [-0.15, -0.1) is 0 Å². The van der Waals surface area contributed by atoms with Crippen molar-refractivity contribution in [3.63, 3.8) is 0 Å². The lowest BCUT2D eigenvalue weighted by molar-refractivity contribution is -0.384. The Labute approximate surface area is 123 Å². The van der Waals surface area contributed by atoms with Crippen LogP contribution in [0.4, 0.5) is 11.4 Å². The van der Waals surface area contributed by atoms with Crippen molar-refractivity contribution in [1.29, 1.82) is 0 Å². The number of hydrogen-bond acceptors (Lipinski definition) is 6. The Morgan fingerprint density at radius 3 is 2.71 bits per heavy atom. The van der Waals surface area contributed by atoms with Crippen LogP contribution in [0.1, 0.15) is 26.2 Å². The Balaban J connectivity index is 2.43. The van der Waals surface area contributed by atoms with Crippen molar-refractivity contribution in [2.45, 2.75) is 37.1 Å². The first kappa shape index (κ1) is 15.7. The van der Waals surface area contributed by atoms with Crippen molar-refractivity contribution in [3.8, 4) is 0 Å². The molecule has 8 nitrogen and oxygen atoms in total. The molecule has 0 bridgehead atoms. The van der Waals surface area contributed by atoms with Crippen LogP contribution in [0.2, 0.25) is 0 Å². The average molecular weight is 314 g/mol. The van der Waals surface area contributed by atoms with Crippen LogP contribution < -0.4 is 11.3 Å². The summed E-state index contributed by atoms with van der Waals surface area (Å²) in [5.41, 5.74) is 1.90. The smallest absolute Gasteiger partial charge is 0.293 e. The van der Waals surface area contributed by atoms with Gasteiger partial charge < -0.3 is 5.43 Å². The molecule has 1 heterocycles. The van der Waals surface area contributed by atoms with Crippen LogP contribution in [-0.2, 0) is 10.0 Å². The van der Waals surface area contributed by atoms with Crippen molar-refractivity contribution in [2.24, 2.45) is 5.84 Å². The van der Waals surface area contributed by atoms with E-state index in [1.54, 1.807) is 0 Å². The van der Waals surface area contributed by atoms with Crippen molar-refractivity contribution in [3.05, 3.63) is 28.3 Å². The first-order chi connectivity index (χ1) is 9.87. The molecule has 1 aliphatic heterocycles. The van der Waals surface area contributed by atoms with Crippen LogP contribution in [0.3, 0.4) is 0 Å². The van der Waals surface area contributed by atoms with Gasteiger partial charge in [-0.05, 0) is 31.9 Å². The highest BCUT2D eigenvalue weighted by molar-refractivity contribution is 7.89. The number of sulfonamides is 1. The lowest BCUT2D eigenvalue weighted by Gasteiger charge is -2.32. The molecule has 0 aliphatic carbocycles. The molecule has 1 saturated heterocycles. The largest absolute Gasteiger partial charge is 0.318 e. The second-order valence-electron chi connectivity index (χ2n) is 5.04. The molecule has 1 aromatic carbocycles. The van der Waals surface area contributed by atoms with Crippen LogP contribution in [0.5, 0.6) is 0 Å². The monoisotopic (exact) mass is 314 g/mol. The summed E-state index contributed by atoms with van der Waals surface area (Å²) in [5, 5.41) is 10.8. The number of nitrogens with two attached hydrogens (primary N) is 1. The van der Waals surface area contributed by atoms with Gasteiger partial charge in [-0.2, -0.15) is 4.31 Å². The molecule has 1 fully saturated rings. The standard InChI is InChI=1S/C12H18N4O4S/c1-9-4-2-3-7-15(9)21(19,20)10-5-6-12(16(17)18)11(8-10)14-13/h5-6,8-9,14H,2-4,7,13H2,1H3. The van der Waals surface area contributed by atoms with E-state index in [0.29, 0.717) is 6.54 Å². The third-order valence-corrected chi connectivity index (χ3v) is 5.68. The molecular weight excluding hydrogens is 296 g/mol. The SMILES string of the molecule is CC1CCCCN1S(=O)(=O)c1ccc([N+](=O)[O-])c(NN)c1. The summed E-state index contributed by atoms with van der Waals surface area (Å²) in [6.45, 7) is 2.33. The molecule has 0 aromatic heterocycles. The highest BCUT2D eigenvalue weighted by atomic mass is 32.2. The summed E-state index contributed by atoms with van der Waals surface area (Å²) in [6, 6.07) is 3.52. The highest BCUT2D eigenvalue weighted by Crippen LogP contribution is 2.30. The fourth-order valence-electron chi connectivity index (χ4n) is 2.51. The van der Waals surface area contributed by atoms with Crippen molar-refractivity contribution in [2.75, 3.05) is 12.0 Å². The third kappa shape index (κ3) is 2.99. The maximum absolute atomic E-state index is 12.6. The Morgan fingerprint density at radius 2 is 2.14 bits per heavy atom. The van der Waals surface area contributed by atoms with Gasteiger partial charge in [-0.25, -0.2) is 8.42 Å². The second-order valence-corrected chi connectivity index (χ2v) is 6.93. The minimum atomic E-state index is -3.67. The summed E-state index contributed by atoms with van der Waals surface area (Å²) >= 11 is 0. The van der Waals surface area contributed by atoms with Gasteiger partial charge in [0.2, 0.25) is 10.0 Å². The van der Waals surface area contributed by atoms with Crippen molar-refractivity contribution in [1.82, 2.24) is 4.31 Å². The van der Waals surface area contributed by atoms with E-state index >= 15 is 0 Å². The Kier molecular flexibility index (Phi) is 4.45. The number of nitrogens with one attached hydrogen (secondary N) is 1. The van der Waals surface area contributed by atoms with E-state index in [2.05, 4.69) is 5.43 Å². The minimum Gasteiger partial charge on any atom is -0.318 e. The number of nitro groups is 1. The first-order valence-corrected chi connectivity index (χ1v) is 8.09. The maximum atomic E-state index is 12.6. The predicted molar refractivity (Wildman–Crippen MR) is 78.1 cm³/mol. The molecule has 2 rings (SSSR count). The topological polar surface area (TPSA) is 119 Å². The fourth-order valence-corrected chi connectivity index (χ4v) is 4.24. The molecular formula is C12H18N4O4S. The normalized spacial score (nSPS) is 20.2. The number of piperidine rings is 1. The van der Waals surface area contributed by atoms with E-state index in [9.17, 15) is 18.5 Å². The van der Waals surface area contributed by atoms with Gasteiger partial charge in [0.15, 0.2) is 0 Å². The summed E-state index contributed by atoms with van der Waals surface area (Å²) < 4.78 is 26.7. The molecule has 9 heteroatoms. The highest BCUT2D eigenvalue weighted by Gasteiger charge is 2.32. The first-order valence-electron chi connectivity index (χ1n) is 6.65. The average Bonchev–Trinajstić information content (AvgIpc) is 2.46. The second kappa shape index (κ2) is 5.96. The number of nitro benzene ring substituents is 1. The quantitative estimate of drug-likeness (QED) is 0.493. The Hall–Kier alpha value is -1.71. The van der Waals surface area contributed by atoms with Gasteiger partial charge in [-0.1, -0.05) is 6.42 Å². The Bertz CT molecular complexity index is 647. The number of hydrazine groups is 1. The summed E-state index contributed by atoms with van der Waals surface area (Å²) in [4.78, 5) is 10.2.